The van der Waals surface area contributed by atoms with Crippen molar-refractivity contribution in [3.05, 3.63) is 15.8 Å². The number of hydrogen-bond donors (Lipinski definition) is 1. The second-order valence-electron chi connectivity index (χ2n) is 3.56. The molecule has 1 rings (SSSR count). The maximum atomic E-state index is 11.0. The predicted molar refractivity (Wildman–Crippen MR) is 62.5 cm³/mol. The van der Waals surface area contributed by atoms with E-state index in [9.17, 15) is 4.79 Å². The first-order chi connectivity index (χ1) is 7.56. The van der Waals surface area contributed by atoms with Gasteiger partial charge in [-0.15, -0.1) is 11.3 Å². The van der Waals surface area contributed by atoms with Gasteiger partial charge in [-0.3, -0.25) is 0 Å². The molecular formula is C11H16O4S. The average Bonchev–Trinajstić information content (AvgIpc) is 2.62. The van der Waals surface area contributed by atoms with Crippen LogP contribution in [0.1, 0.15) is 41.2 Å². The van der Waals surface area contributed by atoms with E-state index in [1.54, 1.807) is 6.07 Å². The normalized spacial score (nSPS) is 10.8. The highest BCUT2D eigenvalue weighted by atomic mass is 32.1. The Hall–Kier alpha value is -1.07. The molecular weight excluding hydrogens is 228 g/mol. The van der Waals surface area contributed by atoms with Crippen molar-refractivity contribution in [1.82, 2.24) is 0 Å². The molecule has 90 valence electrons. The second kappa shape index (κ2) is 5.86. The molecule has 4 nitrogen and oxygen atoms in total. The third kappa shape index (κ3) is 3.21. The van der Waals surface area contributed by atoms with Crippen LogP contribution in [0.25, 0.3) is 0 Å². The molecule has 0 aromatic carbocycles. The van der Waals surface area contributed by atoms with Crippen LogP contribution in [0.2, 0.25) is 0 Å². The molecule has 0 aliphatic heterocycles. The van der Waals surface area contributed by atoms with Gasteiger partial charge in [0, 0.05) is 11.5 Å². The third-order valence-electron chi connectivity index (χ3n) is 1.98. The number of carboxylic acids is 1. The van der Waals surface area contributed by atoms with E-state index in [1.807, 2.05) is 20.8 Å². The second-order valence-corrected chi connectivity index (χ2v) is 4.64. The van der Waals surface area contributed by atoms with Gasteiger partial charge in [-0.05, 0) is 18.9 Å². The van der Waals surface area contributed by atoms with Crippen molar-refractivity contribution in [2.24, 2.45) is 0 Å². The van der Waals surface area contributed by atoms with Gasteiger partial charge in [0.05, 0.1) is 0 Å². The number of aromatic carboxylic acids is 1. The molecule has 0 atom stereocenters. The van der Waals surface area contributed by atoms with E-state index in [0.29, 0.717) is 18.3 Å². The van der Waals surface area contributed by atoms with Gasteiger partial charge in [-0.1, -0.05) is 13.8 Å². The van der Waals surface area contributed by atoms with E-state index < -0.39 is 5.97 Å². The highest BCUT2D eigenvalue weighted by molar-refractivity contribution is 7.14. The Labute approximate surface area is 98.8 Å². The van der Waals surface area contributed by atoms with E-state index in [2.05, 4.69) is 0 Å². The lowest BCUT2D eigenvalue weighted by molar-refractivity contribution is 0.0217. The molecule has 0 unspecified atom stereocenters. The van der Waals surface area contributed by atoms with Crippen molar-refractivity contribution in [1.29, 1.82) is 0 Å². The fourth-order valence-electron chi connectivity index (χ4n) is 1.12. The van der Waals surface area contributed by atoms with E-state index in [0.717, 1.165) is 4.88 Å². The molecule has 5 heteroatoms. The predicted octanol–water partition coefficient (Wildman–Crippen LogP) is 2.94. The fourth-order valence-corrected chi connectivity index (χ4v) is 2.06. The van der Waals surface area contributed by atoms with Crippen molar-refractivity contribution in [2.75, 3.05) is 13.4 Å². The van der Waals surface area contributed by atoms with Crippen LogP contribution in [-0.4, -0.2) is 24.5 Å². The molecule has 0 saturated carbocycles. The van der Waals surface area contributed by atoms with Crippen LogP contribution in [-0.2, 0) is 4.74 Å². The van der Waals surface area contributed by atoms with Gasteiger partial charge >= 0.3 is 5.97 Å². The van der Waals surface area contributed by atoms with Crippen LogP contribution in [0.4, 0.5) is 0 Å². The summed E-state index contributed by atoms with van der Waals surface area (Å²) in [6.45, 7) is 6.52. The largest absolute Gasteiger partial charge is 0.477 e. The summed E-state index contributed by atoms with van der Waals surface area (Å²) in [6, 6.07) is 1.78. The zero-order valence-corrected chi connectivity index (χ0v) is 10.5. The average molecular weight is 244 g/mol. The Bertz CT molecular complexity index is 357. The summed E-state index contributed by atoms with van der Waals surface area (Å²) in [4.78, 5) is 12.2. The van der Waals surface area contributed by atoms with Crippen LogP contribution >= 0.6 is 11.3 Å². The summed E-state index contributed by atoms with van der Waals surface area (Å²) in [6.07, 6.45) is 0. The van der Waals surface area contributed by atoms with Crippen molar-refractivity contribution >= 4 is 17.3 Å². The topological polar surface area (TPSA) is 55.8 Å². The molecule has 1 N–H and O–H groups in total. The minimum atomic E-state index is -0.955. The summed E-state index contributed by atoms with van der Waals surface area (Å²) in [5, 5.41) is 9.01. The Morgan fingerprint density at radius 3 is 2.75 bits per heavy atom. The number of hydrogen-bond acceptors (Lipinski definition) is 4. The number of carboxylic acid groups (broad SMARTS) is 1. The molecule has 0 spiro atoms. The lowest BCUT2D eigenvalue weighted by atomic mass is 10.2. The Balaban J connectivity index is 2.83. The molecule has 0 radical (unpaired) electrons. The standard InChI is InChI=1S/C11H16O4S/c1-4-14-6-15-8-5-9(7(2)3)16-10(8)11(12)13/h5,7H,4,6H2,1-3H3,(H,12,13). The van der Waals surface area contributed by atoms with Gasteiger partial charge in [-0.2, -0.15) is 0 Å². The maximum absolute atomic E-state index is 11.0. The molecule has 0 fully saturated rings. The molecule has 0 saturated heterocycles. The van der Waals surface area contributed by atoms with E-state index in [1.165, 1.54) is 11.3 Å². The minimum absolute atomic E-state index is 0.0883. The lowest BCUT2D eigenvalue weighted by Crippen LogP contribution is -2.04. The van der Waals surface area contributed by atoms with Crippen LogP contribution in [0.5, 0.6) is 5.75 Å². The molecule has 16 heavy (non-hydrogen) atoms. The first-order valence-corrected chi connectivity index (χ1v) is 5.95. The summed E-state index contributed by atoms with van der Waals surface area (Å²) < 4.78 is 10.3. The fraction of sp³-hybridized carbons (Fsp3) is 0.545. The summed E-state index contributed by atoms with van der Waals surface area (Å²) >= 11 is 1.25. The number of rotatable bonds is 6. The minimum Gasteiger partial charge on any atom is -0.477 e. The zero-order valence-electron chi connectivity index (χ0n) is 9.65. The number of thiophene rings is 1. The van der Waals surface area contributed by atoms with Gasteiger partial charge in [-0.25, -0.2) is 4.79 Å². The van der Waals surface area contributed by atoms with Crippen molar-refractivity contribution in [3.8, 4) is 5.75 Å². The molecule has 0 amide bonds. The molecule has 1 aromatic rings. The third-order valence-corrected chi connectivity index (χ3v) is 3.39. The maximum Gasteiger partial charge on any atom is 0.349 e. The lowest BCUT2D eigenvalue weighted by Gasteiger charge is -2.04. The quantitative estimate of drug-likeness (QED) is 0.617. The first kappa shape index (κ1) is 13.0. The number of ether oxygens (including phenoxy) is 2. The van der Waals surface area contributed by atoms with Gasteiger partial charge < -0.3 is 14.6 Å². The van der Waals surface area contributed by atoms with Crippen molar-refractivity contribution in [2.45, 2.75) is 26.7 Å². The van der Waals surface area contributed by atoms with Gasteiger partial charge in [0.2, 0.25) is 0 Å². The molecule has 0 bridgehead atoms. The number of carbonyl (C=O) groups is 1. The highest BCUT2D eigenvalue weighted by Crippen LogP contribution is 2.33. The monoisotopic (exact) mass is 244 g/mol. The first-order valence-electron chi connectivity index (χ1n) is 5.13. The van der Waals surface area contributed by atoms with Crippen molar-refractivity contribution < 1.29 is 19.4 Å². The van der Waals surface area contributed by atoms with Crippen LogP contribution in [0, 0.1) is 0 Å². The molecule has 0 aliphatic rings. The van der Waals surface area contributed by atoms with Crippen LogP contribution in [0.3, 0.4) is 0 Å². The Morgan fingerprint density at radius 1 is 1.56 bits per heavy atom. The van der Waals surface area contributed by atoms with Crippen molar-refractivity contribution in [3.63, 3.8) is 0 Å². The molecule has 1 aromatic heterocycles. The zero-order chi connectivity index (χ0) is 12.1. The van der Waals surface area contributed by atoms with Gasteiger partial charge in [0.15, 0.2) is 11.7 Å². The van der Waals surface area contributed by atoms with Crippen LogP contribution in [0.15, 0.2) is 6.07 Å². The summed E-state index contributed by atoms with van der Waals surface area (Å²) in [7, 11) is 0. The molecule has 1 heterocycles. The van der Waals surface area contributed by atoms with Gasteiger partial charge in [0.25, 0.3) is 0 Å². The summed E-state index contributed by atoms with van der Waals surface area (Å²) in [5.41, 5.74) is 0. The SMILES string of the molecule is CCOCOc1cc(C(C)C)sc1C(=O)O. The van der Waals surface area contributed by atoms with E-state index in [4.69, 9.17) is 14.6 Å². The Morgan fingerprint density at radius 2 is 2.25 bits per heavy atom. The van der Waals surface area contributed by atoms with E-state index in [-0.39, 0.29) is 11.7 Å². The molecule has 0 aliphatic carbocycles. The smallest absolute Gasteiger partial charge is 0.349 e. The van der Waals surface area contributed by atoms with Gasteiger partial charge in [0.1, 0.15) is 5.75 Å². The van der Waals surface area contributed by atoms with Crippen LogP contribution < -0.4 is 4.74 Å². The van der Waals surface area contributed by atoms with E-state index >= 15 is 0 Å². The highest BCUT2D eigenvalue weighted by Gasteiger charge is 2.18. The Kier molecular flexibility index (Phi) is 4.76. The summed E-state index contributed by atoms with van der Waals surface area (Å²) in [5.74, 6) is -0.259.